The van der Waals surface area contributed by atoms with E-state index in [1.54, 1.807) is 31.2 Å². The number of carbonyl (C=O) groups is 2. The molecule has 0 aliphatic rings. The maximum atomic E-state index is 12.6. The lowest BCUT2D eigenvalue weighted by Crippen LogP contribution is -2.25. The van der Waals surface area contributed by atoms with Crippen LogP contribution in [-0.4, -0.2) is 27.4 Å². The van der Waals surface area contributed by atoms with Crippen LogP contribution in [0, 0.1) is 13.8 Å². The van der Waals surface area contributed by atoms with E-state index in [9.17, 15) is 18.0 Å². The highest BCUT2D eigenvalue weighted by Crippen LogP contribution is 2.39. The summed E-state index contributed by atoms with van der Waals surface area (Å²) in [5.74, 6) is -0.717. The summed E-state index contributed by atoms with van der Waals surface area (Å²) in [6.07, 6.45) is 0. The fourth-order valence-electron chi connectivity index (χ4n) is 2.69. The van der Waals surface area contributed by atoms with Crippen molar-refractivity contribution < 1.29 is 18.0 Å². The van der Waals surface area contributed by atoms with E-state index in [1.807, 2.05) is 6.92 Å². The molecule has 0 saturated heterocycles. The molecule has 2 aromatic heterocycles. The minimum Gasteiger partial charge on any atom is -0.365 e. The van der Waals surface area contributed by atoms with E-state index in [2.05, 4.69) is 15.4 Å². The number of benzene rings is 1. The molecule has 5 N–H and O–H groups in total. The van der Waals surface area contributed by atoms with Gasteiger partial charge in [0.25, 0.3) is 15.9 Å². The summed E-state index contributed by atoms with van der Waals surface area (Å²) < 4.78 is 28.7. The molecule has 0 fully saturated rings. The van der Waals surface area contributed by atoms with Gasteiger partial charge in [0.15, 0.2) is 0 Å². The molecule has 148 valence electrons. The lowest BCUT2D eigenvalue weighted by Gasteiger charge is -2.08. The van der Waals surface area contributed by atoms with Crippen LogP contribution < -0.4 is 21.1 Å². The molecular formula is C17H18N4O4S3. The predicted molar refractivity (Wildman–Crippen MR) is 113 cm³/mol. The molecule has 0 spiro atoms. The summed E-state index contributed by atoms with van der Waals surface area (Å²) in [4.78, 5) is 24.6. The minimum atomic E-state index is -3.75. The van der Waals surface area contributed by atoms with Gasteiger partial charge in [0, 0.05) is 27.7 Å². The van der Waals surface area contributed by atoms with Crippen LogP contribution in [0.3, 0.4) is 0 Å². The Balaban J connectivity index is 2.10. The molecule has 0 saturated carbocycles. The Hall–Kier alpha value is -2.63. The van der Waals surface area contributed by atoms with Crippen LogP contribution in [0.5, 0.6) is 0 Å². The molecule has 3 aromatic rings. The number of hydrogen-bond acceptors (Lipinski definition) is 6. The number of anilines is 2. The predicted octanol–water partition coefficient (Wildman–Crippen LogP) is 3.23. The number of aryl methyl sites for hydroxylation is 2. The first-order valence-electron chi connectivity index (χ1n) is 8.07. The quantitative estimate of drug-likeness (QED) is 0.487. The van der Waals surface area contributed by atoms with Gasteiger partial charge < -0.3 is 11.1 Å². The molecule has 28 heavy (non-hydrogen) atoms. The van der Waals surface area contributed by atoms with E-state index in [-0.39, 0.29) is 9.77 Å². The molecule has 3 amide bonds. The van der Waals surface area contributed by atoms with Crippen molar-refractivity contribution in [2.24, 2.45) is 5.73 Å². The fourth-order valence-corrected chi connectivity index (χ4v) is 6.16. The molecule has 0 bridgehead atoms. The van der Waals surface area contributed by atoms with Crippen molar-refractivity contribution in [3.63, 3.8) is 0 Å². The van der Waals surface area contributed by atoms with Gasteiger partial charge in [-0.15, -0.1) is 22.7 Å². The Labute approximate surface area is 169 Å². The molecule has 2 heterocycles. The molecule has 0 unspecified atom stereocenters. The number of fused-ring (bicyclic) bond motifs is 1. The van der Waals surface area contributed by atoms with Crippen molar-refractivity contribution in [3.8, 4) is 0 Å². The zero-order chi connectivity index (χ0) is 20.6. The Kier molecular flexibility index (Phi) is 5.33. The number of nitrogens with two attached hydrogens (primary N) is 1. The summed E-state index contributed by atoms with van der Waals surface area (Å²) in [5.41, 5.74) is 6.71. The first-order valence-corrected chi connectivity index (χ1v) is 11.2. The van der Waals surface area contributed by atoms with Gasteiger partial charge in [-0.25, -0.2) is 13.2 Å². The number of thiophene rings is 2. The summed E-state index contributed by atoms with van der Waals surface area (Å²) in [5, 5.41) is 5.78. The lowest BCUT2D eigenvalue weighted by molar-refractivity contribution is 0.100. The van der Waals surface area contributed by atoms with Crippen LogP contribution in [0.1, 0.15) is 20.8 Å². The standard InChI is InChI=1S/C17H18N4O4S3/c1-8-6-10(21-28(24,25)12-5-4-9(2)26-12)7-11-13(15(18)22)16(27-14(8)11)20-17(23)19-3/h4-7,21H,1-3H3,(H2,18,22)(H2,19,20,23). The summed E-state index contributed by atoms with van der Waals surface area (Å²) in [7, 11) is -2.30. The highest BCUT2D eigenvalue weighted by atomic mass is 32.2. The molecule has 1 aromatic carbocycles. The van der Waals surface area contributed by atoms with Crippen LogP contribution in [0.2, 0.25) is 0 Å². The highest BCUT2D eigenvalue weighted by Gasteiger charge is 2.22. The summed E-state index contributed by atoms with van der Waals surface area (Å²) >= 11 is 2.37. The number of hydrogen-bond donors (Lipinski definition) is 4. The molecule has 0 atom stereocenters. The summed E-state index contributed by atoms with van der Waals surface area (Å²) in [6, 6.07) is 6.00. The molecule has 0 aliphatic carbocycles. The highest BCUT2D eigenvalue weighted by molar-refractivity contribution is 7.94. The second-order valence-corrected chi connectivity index (χ2v) is 10.2. The number of nitrogens with one attached hydrogen (secondary N) is 3. The smallest absolute Gasteiger partial charge is 0.319 e. The van der Waals surface area contributed by atoms with Crippen molar-refractivity contribution >= 4 is 65.4 Å². The van der Waals surface area contributed by atoms with E-state index in [4.69, 9.17) is 5.73 Å². The number of primary amides is 1. The van der Waals surface area contributed by atoms with Crippen molar-refractivity contribution in [2.45, 2.75) is 18.1 Å². The number of urea groups is 1. The number of sulfonamides is 1. The van der Waals surface area contributed by atoms with Gasteiger partial charge in [0.05, 0.1) is 5.56 Å². The molecular weight excluding hydrogens is 420 g/mol. The van der Waals surface area contributed by atoms with Gasteiger partial charge in [-0.2, -0.15) is 0 Å². The van der Waals surface area contributed by atoms with Crippen molar-refractivity contribution in [3.05, 3.63) is 40.3 Å². The third kappa shape index (κ3) is 3.81. The largest absolute Gasteiger partial charge is 0.365 e. The fraction of sp³-hybridized carbons (Fsp3) is 0.176. The topological polar surface area (TPSA) is 130 Å². The van der Waals surface area contributed by atoms with Crippen molar-refractivity contribution in [1.29, 1.82) is 0 Å². The Morgan fingerprint density at radius 2 is 1.82 bits per heavy atom. The monoisotopic (exact) mass is 438 g/mol. The second kappa shape index (κ2) is 7.41. The first-order chi connectivity index (χ1) is 13.1. The van der Waals surface area contributed by atoms with Crippen LogP contribution in [0.15, 0.2) is 28.5 Å². The summed E-state index contributed by atoms with van der Waals surface area (Å²) in [6.45, 7) is 3.62. The van der Waals surface area contributed by atoms with E-state index < -0.39 is 22.0 Å². The average Bonchev–Trinajstić information content (AvgIpc) is 3.18. The van der Waals surface area contributed by atoms with E-state index in [0.29, 0.717) is 16.1 Å². The number of amides is 3. The second-order valence-electron chi connectivity index (χ2n) is 6.01. The molecule has 8 nitrogen and oxygen atoms in total. The van der Waals surface area contributed by atoms with Crippen molar-refractivity contribution in [1.82, 2.24) is 5.32 Å². The van der Waals surface area contributed by atoms with Gasteiger partial charge in [-0.1, -0.05) is 0 Å². The minimum absolute atomic E-state index is 0.139. The van der Waals surface area contributed by atoms with Gasteiger partial charge in [-0.05, 0) is 43.7 Å². The maximum absolute atomic E-state index is 12.6. The Morgan fingerprint density at radius 3 is 2.39 bits per heavy atom. The van der Waals surface area contributed by atoms with Gasteiger partial charge in [0.1, 0.15) is 9.21 Å². The zero-order valence-electron chi connectivity index (χ0n) is 15.2. The zero-order valence-corrected chi connectivity index (χ0v) is 17.7. The Bertz CT molecular complexity index is 1190. The van der Waals surface area contributed by atoms with E-state index in [0.717, 1.165) is 15.1 Å². The average molecular weight is 439 g/mol. The van der Waals surface area contributed by atoms with Crippen LogP contribution in [0.25, 0.3) is 10.1 Å². The van der Waals surface area contributed by atoms with Crippen molar-refractivity contribution in [2.75, 3.05) is 17.1 Å². The third-order valence-corrected chi connectivity index (χ3v) is 8.04. The molecule has 0 radical (unpaired) electrons. The number of rotatable bonds is 5. The van der Waals surface area contributed by atoms with E-state index in [1.165, 1.54) is 29.7 Å². The SMILES string of the molecule is CNC(=O)Nc1sc2c(C)cc(NS(=O)(=O)c3ccc(C)s3)cc2c1C(N)=O. The first kappa shape index (κ1) is 20.1. The normalized spacial score (nSPS) is 11.4. The van der Waals surface area contributed by atoms with Crippen LogP contribution >= 0.6 is 22.7 Å². The van der Waals surface area contributed by atoms with Gasteiger partial charge in [0.2, 0.25) is 0 Å². The Morgan fingerprint density at radius 1 is 1.11 bits per heavy atom. The third-order valence-electron chi connectivity index (χ3n) is 3.91. The maximum Gasteiger partial charge on any atom is 0.319 e. The molecule has 3 rings (SSSR count). The van der Waals surface area contributed by atoms with Gasteiger partial charge in [-0.3, -0.25) is 14.8 Å². The lowest BCUT2D eigenvalue weighted by atomic mass is 10.1. The van der Waals surface area contributed by atoms with E-state index >= 15 is 0 Å². The van der Waals surface area contributed by atoms with Crippen LogP contribution in [0.4, 0.5) is 15.5 Å². The number of carbonyl (C=O) groups excluding carboxylic acids is 2. The van der Waals surface area contributed by atoms with Gasteiger partial charge >= 0.3 is 6.03 Å². The molecule has 11 heteroatoms. The molecule has 0 aliphatic heterocycles. The van der Waals surface area contributed by atoms with Crippen LogP contribution in [-0.2, 0) is 10.0 Å².